The van der Waals surface area contributed by atoms with Crippen molar-refractivity contribution in [2.24, 2.45) is 0 Å². The van der Waals surface area contributed by atoms with Gasteiger partial charge in [-0.3, -0.25) is 14.4 Å². The van der Waals surface area contributed by atoms with Gasteiger partial charge in [-0.1, -0.05) is 314 Å². The Bertz CT molecular complexity index is 1220. The Kier molecular flexibility index (Phi) is 60.2. The SMILES string of the molecule is CCCCCCC/C=C\C/C=C\C/C=C\CCCCCCCCCCCCCCCCC(=O)OCC(COC(=O)CCCCCCCCCCCCC)OC(=O)CCCCCCCCCCCCCCCCC. The molecule has 0 aliphatic carbocycles. The van der Waals surface area contributed by atoms with Crippen molar-refractivity contribution < 1.29 is 28.6 Å². The molecule has 6 nitrogen and oxygen atoms in total. The van der Waals surface area contributed by atoms with Gasteiger partial charge in [0.2, 0.25) is 0 Å². The molecule has 1 atom stereocenters. The van der Waals surface area contributed by atoms with E-state index >= 15 is 0 Å². The minimum absolute atomic E-state index is 0.0659. The van der Waals surface area contributed by atoms with Crippen LogP contribution in [0.15, 0.2) is 36.5 Å². The lowest BCUT2D eigenvalue weighted by Crippen LogP contribution is -2.30. The smallest absolute Gasteiger partial charge is 0.306 e. The Labute approximate surface area is 455 Å². The van der Waals surface area contributed by atoms with Crippen molar-refractivity contribution in [2.75, 3.05) is 13.2 Å². The minimum Gasteiger partial charge on any atom is -0.462 e. The highest BCUT2D eigenvalue weighted by Gasteiger charge is 2.19. The summed E-state index contributed by atoms with van der Waals surface area (Å²) >= 11 is 0. The Hall–Kier alpha value is -2.37. The molecule has 0 amide bonds. The molecule has 0 saturated heterocycles. The van der Waals surface area contributed by atoms with E-state index < -0.39 is 6.10 Å². The van der Waals surface area contributed by atoms with E-state index in [1.165, 1.54) is 244 Å². The van der Waals surface area contributed by atoms with Crippen LogP contribution in [0.2, 0.25) is 0 Å². The van der Waals surface area contributed by atoms with E-state index in [2.05, 4.69) is 57.2 Å². The summed E-state index contributed by atoms with van der Waals surface area (Å²) in [5.74, 6) is -0.843. The van der Waals surface area contributed by atoms with Gasteiger partial charge in [0.15, 0.2) is 6.10 Å². The first kappa shape index (κ1) is 70.6. The van der Waals surface area contributed by atoms with E-state index in [9.17, 15) is 14.4 Å². The average Bonchev–Trinajstić information content (AvgIpc) is 3.39. The molecule has 0 radical (unpaired) electrons. The predicted molar refractivity (Wildman–Crippen MR) is 316 cm³/mol. The zero-order valence-corrected chi connectivity index (χ0v) is 49.2. The van der Waals surface area contributed by atoms with Crippen molar-refractivity contribution in [3.8, 4) is 0 Å². The van der Waals surface area contributed by atoms with Crippen LogP contribution in [-0.2, 0) is 28.6 Å². The summed E-state index contributed by atoms with van der Waals surface area (Å²) in [7, 11) is 0. The fraction of sp³-hybridized carbons (Fsp3) is 0.866. The quantitative estimate of drug-likeness (QED) is 0.0261. The normalized spacial score (nSPS) is 12.2. The molecule has 0 aromatic carbocycles. The first-order valence-corrected chi connectivity index (χ1v) is 32.5. The summed E-state index contributed by atoms with van der Waals surface area (Å²) in [6.45, 7) is 6.68. The minimum atomic E-state index is -0.767. The molecular formula is C67H124O6. The molecule has 0 N–H and O–H groups in total. The predicted octanol–water partition coefficient (Wildman–Crippen LogP) is 22.0. The van der Waals surface area contributed by atoms with Crippen molar-refractivity contribution in [2.45, 2.75) is 361 Å². The van der Waals surface area contributed by atoms with Crippen LogP contribution >= 0.6 is 0 Å². The van der Waals surface area contributed by atoms with Crippen molar-refractivity contribution in [3.05, 3.63) is 36.5 Å². The molecular weight excluding hydrogens is 901 g/mol. The molecule has 6 heteroatoms. The zero-order chi connectivity index (χ0) is 52.9. The van der Waals surface area contributed by atoms with Crippen LogP contribution in [0, 0.1) is 0 Å². The summed E-state index contributed by atoms with van der Waals surface area (Å²) in [5, 5.41) is 0. The molecule has 0 aromatic rings. The third kappa shape index (κ3) is 60.4. The van der Waals surface area contributed by atoms with Crippen LogP contribution in [0.5, 0.6) is 0 Å². The molecule has 0 rings (SSSR count). The maximum absolute atomic E-state index is 12.9. The van der Waals surface area contributed by atoms with Gasteiger partial charge in [-0.2, -0.15) is 0 Å². The number of carbonyl (C=O) groups is 3. The lowest BCUT2D eigenvalue weighted by molar-refractivity contribution is -0.167. The number of esters is 3. The highest BCUT2D eigenvalue weighted by atomic mass is 16.6. The third-order valence-corrected chi connectivity index (χ3v) is 14.6. The molecule has 0 bridgehead atoms. The van der Waals surface area contributed by atoms with Gasteiger partial charge >= 0.3 is 17.9 Å². The number of rotatable bonds is 60. The third-order valence-electron chi connectivity index (χ3n) is 14.6. The second-order valence-electron chi connectivity index (χ2n) is 22.0. The Morgan fingerprint density at radius 1 is 0.274 bits per heavy atom. The van der Waals surface area contributed by atoms with E-state index in [4.69, 9.17) is 14.2 Å². The molecule has 73 heavy (non-hydrogen) atoms. The number of carbonyl (C=O) groups excluding carboxylic acids is 3. The van der Waals surface area contributed by atoms with E-state index in [1.807, 2.05) is 0 Å². The molecule has 0 saturated carbocycles. The van der Waals surface area contributed by atoms with Gasteiger partial charge in [0.25, 0.3) is 0 Å². The van der Waals surface area contributed by atoms with Gasteiger partial charge in [-0.25, -0.2) is 0 Å². The summed E-state index contributed by atoms with van der Waals surface area (Å²) in [6, 6.07) is 0. The number of allylic oxidation sites excluding steroid dienone is 6. The Morgan fingerprint density at radius 3 is 0.767 bits per heavy atom. The average molecular weight is 1030 g/mol. The molecule has 0 heterocycles. The molecule has 0 fully saturated rings. The molecule has 0 aromatic heterocycles. The summed E-state index contributed by atoms with van der Waals surface area (Å²) in [4.78, 5) is 38.2. The van der Waals surface area contributed by atoms with E-state index in [0.29, 0.717) is 19.3 Å². The highest BCUT2D eigenvalue weighted by Crippen LogP contribution is 2.18. The van der Waals surface area contributed by atoms with Crippen molar-refractivity contribution in [1.82, 2.24) is 0 Å². The van der Waals surface area contributed by atoms with Crippen LogP contribution in [0.4, 0.5) is 0 Å². The standard InChI is InChI=1S/C67H124O6/c1-4-7-10-13-16-19-22-24-26-27-28-29-30-31-32-33-34-35-36-37-38-39-41-42-45-48-51-54-57-60-66(69)72-63-64(62-71-65(68)59-56-53-50-47-44-21-18-15-12-9-6-3)73-67(70)61-58-55-52-49-46-43-40-25-23-20-17-14-11-8-5-2/h22,24,27-28,30-31,64H,4-21,23,25-26,29,32-63H2,1-3H3/b24-22-,28-27-,31-30-. The van der Waals surface area contributed by atoms with Crippen LogP contribution in [0.25, 0.3) is 0 Å². The molecule has 0 spiro atoms. The first-order valence-electron chi connectivity index (χ1n) is 32.5. The number of hydrogen-bond acceptors (Lipinski definition) is 6. The Balaban J connectivity index is 4.14. The molecule has 1 unspecified atom stereocenters. The van der Waals surface area contributed by atoms with Crippen molar-refractivity contribution in [3.63, 3.8) is 0 Å². The Morgan fingerprint density at radius 2 is 0.493 bits per heavy atom. The van der Waals surface area contributed by atoms with Gasteiger partial charge in [-0.15, -0.1) is 0 Å². The number of hydrogen-bond donors (Lipinski definition) is 0. The first-order chi connectivity index (χ1) is 36.0. The largest absolute Gasteiger partial charge is 0.462 e. The van der Waals surface area contributed by atoms with Gasteiger partial charge in [0.1, 0.15) is 13.2 Å². The number of unbranched alkanes of at least 4 members (excludes halogenated alkanes) is 43. The fourth-order valence-corrected chi connectivity index (χ4v) is 9.75. The van der Waals surface area contributed by atoms with Crippen molar-refractivity contribution >= 4 is 17.9 Å². The second kappa shape index (κ2) is 62.2. The van der Waals surface area contributed by atoms with Crippen LogP contribution in [-0.4, -0.2) is 37.2 Å². The van der Waals surface area contributed by atoms with E-state index in [-0.39, 0.29) is 31.1 Å². The number of ether oxygens (including phenoxy) is 3. The van der Waals surface area contributed by atoms with Gasteiger partial charge in [-0.05, 0) is 57.8 Å². The lowest BCUT2D eigenvalue weighted by Gasteiger charge is -2.18. The fourth-order valence-electron chi connectivity index (χ4n) is 9.75. The van der Waals surface area contributed by atoms with Gasteiger partial charge in [0.05, 0.1) is 0 Å². The van der Waals surface area contributed by atoms with Crippen LogP contribution in [0.3, 0.4) is 0 Å². The lowest BCUT2D eigenvalue weighted by atomic mass is 10.0. The molecule has 0 aliphatic heterocycles. The zero-order valence-electron chi connectivity index (χ0n) is 49.2. The monoisotopic (exact) mass is 1020 g/mol. The maximum atomic E-state index is 12.9. The van der Waals surface area contributed by atoms with Gasteiger partial charge in [0, 0.05) is 19.3 Å². The van der Waals surface area contributed by atoms with E-state index in [1.54, 1.807) is 0 Å². The molecule has 428 valence electrons. The van der Waals surface area contributed by atoms with E-state index in [0.717, 1.165) is 70.6 Å². The molecule has 0 aliphatic rings. The van der Waals surface area contributed by atoms with Crippen LogP contribution in [0.1, 0.15) is 355 Å². The highest BCUT2D eigenvalue weighted by molar-refractivity contribution is 5.71. The van der Waals surface area contributed by atoms with Crippen LogP contribution < -0.4 is 0 Å². The maximum Gasteiger partial charge on any atom is 0.306 e. The topological polar surface area (TPSA) is 78.9 Å². The second-order valence-corrected chi connectivity index (χ2v) is 22.0. The van der Waals surface area contributed by atoms with Gasteiger partial charge < -0.3 is 14.2 Å². The van der Waals surface area contributed by atoms with Crippen molar-refractivity contribution in [1.29, 1.82) is 0 Å². The summed E-state index contributed by atoms with van der Waals surface area (Å²) in [6.07, 6.45) is 75.9. The summed E-state index contributed by atoms with van der Waals surface area (Å²) in [5.41, 5.74) is 0. The summed E-state index contributed by atoms with van der Waals surface area (Å²) < 4.78 is 16.9.